The molecule has 2 N–H and O–H groups in total. The molecule has 0 amide bonds. The zero-order valence-corrected chi connectivity index (χ0v) is 11.4. The SMILES string of the molecule is Cc1[nH]ncc1CNC[C@H]1CCCc2ccccc21. The van der Waals surface area contributed by atoms with E-state index in [2.05, 4.69) is 46.7 Å². The van der Waals surface area contributed by atoms with Gasteiger partial charge in [-0.05, 0) is 43.2 Å². The summed E-state index contributed by atoms with van der Waals surface area (Å²) in [5.41, 5.74) is 5.52. The molecule has 1 atom stereocenters. The zero-order valence-electron chi connectivity index (χ0n) is 11.4. The Morgan fingerprint density at radius 2 is 2.26 bits per heavy atom. The first-order valence-electron chi connectivity index (χ1n) is 7.12. The molecule has 3 heteroatoms. The summed E-state index contributed by atoms with van der Waals surface area (Å²) in [5.74, 6) is 0.664. The summed E-state index contributed by atoms with van der Waals surface area (Å²) in [5, 5.41) is 10.6. The van der Waals surface area contributed by atoms with E-state index in [0.29, 0.717) is 5.92 Å². The van der Waals surface area contributed by atoms with E-state index in [-0.39, 0.29) is 0 Å². The van der Waals surface area contributed by atoms with Crippen molar-refractivity contribution in [2.24, 2.45) is 0 Å². The molecule has 1 aliphatic carbocycles. The van der Waals surface area contributed by atoms with Crippen molar-refractivity contribution < 1.29 is 0 Å². The minimum atomic E-state index is 0.664. The fraction of sp³-hybridized carbons (Fsp3) is 0.438. The van der Waals surface area contributed by atoms with Crippen LogP contribution >= 0.6 is 0 Å². The Labute approximate surface area is 114 Å². The zero-order chi connectivity index (χ0) is 13.1. The number of hydrogen-bond donors (Lipinski definition) is 2. The van der Waals surface area contributed by atoms with Crippen molar-refractivity contribution in [3.05, 3.63) is 52.8 Å². The Morgan fingerprint density at radius 1 is 1.37 bits per heavy atom. The van der Waals surface area contributed by atoms with Crippen molar-refractivity contribution >= 4 is 0 Å². The van der Waals surface area contributed by atoms with Crippen molar-refractivity contribution in [3.8, 4) is 0 Å². The van der Waals surface area contributed by atoms with Gasteiger partial charge in [-0.1, -0.05) is 24.3 Å². The largest absolute Gasteiger partial charge is 0.312 e. The minimum absolute atomic E-state index is 0.664. The van der Waals surface area contributed by atoms with E-state index in [9.17, 15) is 0 Å². The molecule has 3 nitrogen and oxygen atoms in total. The van der Waals surface area contributed by atoms with Crippen LogP contribution in [-0.2, 0) is 13.0 Å². The van der Waals surface area contributed by atoms with Crippen molar-refractivity contribution in [3.63, 3.8) is 0 Å². The molecule has 3 rings (SSSR count). The number of nitrogens with one attached hydrogen (secondary N) is 2. The topological polar surface area (TPSA) is 40.7 Å². The minimum Gasteiger partial charge on any atom is -0.312 e. The van der Waals surface area contributed by atoms with Gasteiger partial charge in [0.25, 0.3) is 0 Å². The summed E-state index contributed by atoms with van der Waals surface area (Å²) in [7, 11) is 0. The average molecular weight is 255 g/mol. The molecule has 0 radical (unpaired) electrons. The molecule has 0 aliphatic heterocycles. The van der Waals surface area contributed by atoms with Gasteiger partial charge in [0.1, 0.15) is 0 Å². The van der Waals surface area contributed by atoms with Crippen LogP contribution in [0, 0.1) is 6.92 Å². The third-order valence-corrected chi connectivity index (χ3v) is 4.13. The molecule has 19 heavy (non-hydrogen) atoms. The Bertz CT molecular complexity index is 544. The van der Waals surface area contributed by atoms with E-state index in [4.69, 9.17) is 0 Å². The summed E-state index contributed by atoms with van der Waals surface area (Å²) < 4.78 is 0. The van der Waals surface area contributed by atoms with Crippen LogP contribution in [0.4, 0.5) is 0 Å². The van der Waals surface area contributed by atoms with E-state index in [1.165, 1.54) is 24.8 Å². The standard InChI is InChI=1S/C16H21N3/c1-12-15(11-18-19-12)10-17-9-14-7-4-6-13-5-2-3-8-16(13)14/h2-3,5,8,11,14,17H,4,6-7,9-10H2,1H3,(H,18,19)/t14-/m1/s1. The molecule has 0 saturated carbocycles. The van der Waals surface area contributed by atoms with Gasteiger partial charge in [-0.3, -0.25) is 5.10 Å². The van der Waals surface area contributed by atoms with E-state index in [1.54, 1.807) is 11.1 Å². The van der Waals surface area contributed by atoms with Crippen LogP contribution in [0.2, 0.25) is 0 Å². The predicted molar refractivity (Wildman–Crippen MR) is 77.2 cm³/mol. The van der Waals surface area contributed by atoms with Crippen LogP contribution in [0.3, 0.4) is 0 Å². The maximum absolute atomic E-state index is 4.06. The van der Waals surface area contributed by atoms with Gasteiger partial charge in [0, 0.05) is 24.3 Å². The fourth-order valence-corrected chi connectivity index (χ4v) is 3.00. The third kappa shape index (κ3) is 2.71. The van der Waals surface area contributed by atoms with Crippen LogP contribution < -0.4 is 5.32 Å². The second kappa shape index (κ2) is 5.57. The fourth-order valence-electron chi connectivity index (χ4n) is 3.00. The summed E-state index contributed by atoms with van der Waals surface area (Å²) in [4.78, 5) is 0. The highest BCUT2D eigenvalue weighted by atomic mass is 15.1. The van der Waals surface area contributed by atoms with Gasteiger partial charge in [0.15, 0.2) is 0 Å². The number of nitrogens with zero attached hydrogens (tertiary/aromatic N) is 1. The number of benzene rings is 1. The molecule has 0 spiro atoms. The molecular weight excluding hydrogens is 234 g/mol. The van der Waals surface area contributed by atoms with Gasteiger partial charge in [-0.25, -0.2) is 0 Å². The Balaban J connectivity index is 1.61. The highest BCUT2D eigenvalue weighted by molar-refractivity contribution is 5.32. The number of aromatic nitrogens is 2. The highest BCUT2D eigenvalue weighted by Gasteiger charge is 2.19. The number of aryl methyl sites for hydroxylation is 2. The first-order chi connectivity index (χ1) is 9.34. The van der Waals surface area contributed by atoms with Crippen LogP contribution in [0.25, 0.3) is 0 Å². The Kier molecular flexibility index (Phi) is 3.65. The van der Waals surface area contributed by atoms with E-state index in [1.807, 2.05) is 6.20 Å². The monoisotopic (exact) mass is 255 g/mol. The number of rotatable bonds is 4. The van der Waals surface area contributed by atoms with Crippen LogP contribution in [0.1, 0.15) is 41.1 Å². The summed E-state index contributed by atoms with van der Waals surface area (Å²) >= 11 is 0. The molecule has 1 aliphatic rings. The quantitative estimate of drug-likeness (QED) is 0.882. The molecule has 100 valence electrons. The lowest BCUT2D eigenvalue weighted by Crippen LogP contribution is -2.24. The molecule has 0 unspecified atom stereocenters. The summed E-state index contributed by atoms with van der Waals surface area (Å²) in [6, 6.07) is 8.90. The molecule has 1 aromatic carbocycles. The van der Waals surface area contributed by atoms with Gasteiger partial charge < -0.3 is 5.32 Å². The maximum atomic E-state index is 4.06. The second-order valence-electron chi connectivity index (χ2n) is 5.44. The van der Waals surface area contributed by atoms with E-state index < -0.39 is 0 Å². The second-order valence-corrected chi connectivity index (χ2v) is 5.44. The summed E-state index contributed by atoms with van der Waals surface area (Å²) in [6.45, 7) is 4.03. The first kappa shape index (κ1) is 12.4. The molecular formula is C16H21N3. The molecule has 2 aromatic rings. The van der Waals surface area contributed by atoms with Crippen molar-refractivity contribution in [2.75, 3.05) is 6.54 Å². The number of aromatic amines is 1. The first-order valence-corrected chi connectivity index (χ1v) is 7.12. The molecule has 0 saturated heterocycles. The number of fused-ring (bicyclic) bond motifs is 1. The van der Waals surface area contributed by atoms with Crippen LogP contribution in [0.5, 0.6) is 0 Å². The molecule has 0 fully saturated rings. The van der Waals surface area contributed by atoms with Gasteiger partial charge in [0.2, 0.25) is 0 Å². The maximum Gasteiger partial charge on any atom is 0.0535 e. The lowest BCUT2D eigenvalue weighted by Gasteiger charge is -2.25. The van der Waals surface area contributed by atoms with Gasteiger partial charge in [-0.15, -0.1) is 0 Å². The van der Waals surface area contributed by atoms with Gasteiger partial charge >= 0.3 is 0 Å². The lowest BCUT2D eigenvalue weighted by atomic mass is 9.83. The smallest absolute Gasteiger partial charge is 0.0535 e. The third-order valence-electron chi connectivity index (χ3n) is 4.13. The molecule has 1 aromatic heterocycles. The van der Waals surface area contributed by atoms with Crippen molar-refractivity contribution in [2.45, 2.75) is 38.6 Å². The normalized spacial score (nSPS) is 18.3. The van der Waals surface area contributed by atoms with Crippen LogP contribution in [0.15, 0.2) is 30.5 Å². The molecule has 0 bridgehead atoms. The average Bonchev–Trinajstić information content (AvgIpc) is 2.85. The van der Waals surface area contributed by atoms with Gasteiger partial charge in [-0.2, -0.15) is 5.10 Å². The summed E-state index contributed by atoms with van der Waals surface area (Å²) in [6.07, 6.45) is 5.77. The Hall–Kier alpha value is -1.61. The Morgan fingerprint density at radius 3 is 3.11 bits per heavy atom. The number of H-pyrrole nitrogens is 1. The molecule has 1 heterocycles. The predicted octanol–water partition coefficient (Wildman–Crippen LogP) is 2.93. The lowest BCUT2D eigenvalue weighted by molar-refractivity contribution is 0.507. The van der Waals surface area contributed by atoms with E-state index >= 15 is 0 Å². The van der Waals surface area contributed by atoms with Crippen molar-refractivity contribution in [1.29, 1.82) is 0 Å². The number of hydrogen-bond acceptors (Lipinski definition) is 2. The van der Waals surface area contributed by atoms with Crippen LogP contribution in [-0.4, -0.2) is 16.7 Å². The highest BCUT2D eigenvalue weighted by Crippen LogP contribution is 2.30. The van der Waals surface area contributed by atoms with E-state index in [0.717, 1.165) is 18.8 Å². The van der Waals surface area contributed by atoms with Crippen molar-refractivity contribution in [1.82, 2.24) is 15.5 Å². The van der Waals surface area contributed by atoms with Gasteiger partial charge in [0.05, 0.1) is 6.20 Å².